The molecule has 0 saturated carbocycles. The van der Waals surface area contributed by atoms with Crippen LogP contribution < -0.4 is 5.43 Å². The quantitative estimate of drug-likeness (QED) is 0.317. The number of halogens is 3. The number of allylic oxidation sites excluding steroid dienone is 2. The predicted molar refractivity (Wildman–Crippen MR) is 119 cm³/mol. The molecule has 0 amide bonds. The van der Waals surface area contributed by atoms with Gasteiger partial charge in [0, 0.05) is 5.02 Å². The summed E-state index contributed by atoms with van der Waals surface area (Å²) in [7, 11) is 0. The number of nitrogens with zero attached hydrogens (tertiary/aromatic N) is 2. The van der Waals surface area contributed by atoms with E-state index < -0.39 is 0 Å². The highest BCUT2D eigenvalue weighted by atomic mass is 35.5. The van der Waals surface area contributed by atoms with E-state index in [-0.39, 0.29) is 0 Å². The number of hydrazone groups is 1. The third-order valence-corrected chi connectivity index (χ3v) is 6.22. The van der Waals surface area contributed by atoms with Gasteiger partial charge in [-0.25, -0.2) is 4.98 Å². The number of thioether (sulfide) groups is 1. The Bertz CT molecular complexity index is 1020. The number of fused-ring (bicyclic) bond motifs is 1. The highest BCUT2D eigenvalue weighted by molar-refractivity contribution is 8.02. The standard InChI is InChI=1S/C20H16Cl3N3OS/c21-13-9-14(22)19(15(23)10-13)26-24-11-12-5-1-4-8-18(12)28-20-25-16-6-2-3-7-17(16)27-20/h2-3,6-7,9-11,26H,1,4-5,8H2/b24-11+. The van der Waals surface area contributed by atoms with E-state index in [2.05, 4.69) is 15.5 Å². The summed E-state index contributed by atoms with van der Waals surface area (Å²) in [6.07, 6.45) is 6.03. The number of aromatic nitrogens is 1. The molecule has 0 radical (unpaired) electrons. The second kappa shape index (κ2) is 8.78. The summed E-state index contributed by atoms with van der Waals surface area (Å²) in [5, 5.41) is 6.33. The highest BCUT2D eigenvalue weighted by Crippen LogP contribution is 2.38. The van der Waals surface area contributed by atoms with Crippen LogP contribution in [0.3, 0.4) is 0 Å². The van der Waals surface area contributed by atoms with Gasteiger partial charge in [-0.3, -0.25) is 5.43 Å². The van der Waals surface area contributed by atoms with Gasteiger partial charge in [0.1, 0.15) is 5.52 Å². The molecule has 4 nitrogen and oxygen atoms in total. The van der Waals surface area contributed by atoms with Crippen LogP contribution in [0.1, 0.15) is 25.7 Å². The van der Waals surface area contributed by atoms with Gasteiger partial charge in [0.25, 0.3) is 5.22 Å². The lowest BCUT2D eigenvalue weighted by Gasteiger charge is -2.16. The molecule has 1 aromatic heterocycles. The molecule has 1 aliphatic carbocycles. The number of anilines is 1. The van der Waals surface area contributed by atoms with Crippen LogP contribution in [0, 0.1) is 0 Å². The molecule has 2 aromatic carbocycles. The van der Waals surface area contributed by atoms with Gasteiger partial charge < -0.3 is 4.42 Å². The van der Waals surface area contributed by atoms with Gasteiger partial charge in [-0.1, -0.05) is 46.9 Å². The fourth-order valence-electron chi connectivity index (χ4n) is 2.98. The van der Waals surface area contributed by atoms with Crippen molar-refractivity contribution in [3.8, 4) is 0 Å². The van der Waals surface area contributed by atoms with Crippen LogP contribution in [0.2, 0.25) is 15.1 Å². The topological polar surface area (TPSA) is 50.4 Å². The number of benzene rings is 2. The van der Waals surface area contributed by atoms with Gasteiger partial charge in [0.15, 0.2) is 5.58 Å². The smallest absolute Gasteiger partial charge is 0.261 e. The molecule has 0 aliphatic heterocycles. The van der Waals surface area contributed by atoms with E-state index in [9.17, 15) is 0 Å². The first-order valence-corrected chi connectivity index (χ1v) is 10.7. The fraction of sp³-hybridized carbons (Fsp3) is 0.200. The molecule has 3 aromatic rings. The number of hydrogen-bond acceptors (Lipinski definition) is 5. The minimum Gasteiger partial charge on any atom is -0.431 e. The molecule has 0 fully saturated rings. The minimum atomic E-state index is 0.424. The number of rotatable bonds is 5. The van der Waals surface area contributed by atoms with Crippen LogP contribution in [0.5, 0.6) is 0 Å². The maximum Gasteiger partial charge on any atom is 0.261 e. The lowest BCUT2D eigenvalue weighted by molar-refractivity contribution is 0.490. The summed E-state index contributed by atoms with van der Waals surface area (Å²) in [5.41, 5.74) is 6.28. The molecular formula is C20H16Cl3N3OS. The molecule has 0 saturated heterocycles. The van der Waals surface area contributed by atoms with Gasteiger partial charge in [0.2, 0.25) is 0 Å². The van der Waals surface area contributed by atoms with Crippen molar-refractivity contribution in [2.45, 2.75) is 30.9 Å². The van der Waals surface area contributed by atoms with Crippen molar-refractivity contribution in [3.05, 3.63) is 61.9 Å². The first kappa shape index (κ1) is 19.6. The monoisotopic (exact) mass is 451 g/mol. The van der Waals surface area contributed by atoms with E-state index in [1.807, 2.05) is 30.5 Å². The first-order chi connectivity index (χ1) is 13.6. The normalized spacial score (nSPS) is 15.0. The summed E-state index contributed by atoms with van der Waals surface area (Å²) in [5.74, 6) is 0. The fourth-order valence-corrected chi connectivity index (χ4v) is 4.90. The molecule has 0 atom stereocenters. The van der Waals surface area contributed by atoms with Gasteiger partial charge in [0.05, 0.1) is 21.9 Å². The van der Waals surface area contributed by atoms with Gasteiger partial charge in [-0.05, 0) is 72.2 Å². The summed E-state index contributed by atoms with van der Waals surface area (Å²) in [6, 6.07) is 11.0. The predicted octanol–water partition coefficient (Wildman–Crippen LogP) is 7.81. The van der Waals surface area contributed by atoms with Crippen LogP contribution in [0.4, 0.5) is 5.69 Å². The molecule has 1 heterocycles. The molecule has 0 bridgehead atoms. The van der Waals surface area contributed by atoms with E-state index in [1.165, 1.54) is 4.91 Å². The minimum absolute atomic E-state index is 0.424. The largest absolute Gasteiger partial charge is 0.431 e. The molecular weight excluding hydrogens is 437 g/mol. The number of para-hydroxylation sites is 2. The van der Waals surface area contributed by atoms with E-state index in [0.29, 0.717) is 26.0 Å². The zero-order valence-corrected chi connectivity index (χ0v) is 17.8. The zero-order valence-electron chi connectivity index (χ0n) is 14.7. The first-order valence-electron chi connectivity index (χ1n) is 8.79. The highest BCUT2D eigenvalue weighted by Gasteiger charge is 2.16. The second-order valence-corrected chi connectivity index (χ2v) is 8.62. The van der Waals surface area contributed by atoms with Crippen LogP contribution >= 0.6 is 46.6 Å². The third kappa shape index (κ3) is 4.49. The van der Waals surface area contributed by atoms with Crippen molar-refractivity contribution < 1.29 is 4.42 Å². The van der Waals surface area contributed by atoms with Crippen LogP contribution in [0.15, 0.2) is 61.6 Å². The molecule has 144 valence electrons. The average Bonchev–Trinajstić information content (AvgIpc) is 3.07. The lowest BCUT2D eigenvalue weighted by atomic mass is 10.0. The summed E-state index contributed by atoms with van der Waals surface area (Å²) in [4.78, 5) is 5.77. The Morgan fingerprint density at radius 2 is 1.82 bits per heavy atom. The Hall–Kier alpha value is -1.66. The Morgan fingerprint density at radius 1 is 1.07 bits per heavy atom. The molecule has 28 heavy (non-hydrogen) atoms. The SMILES string of the molecule is Clc1cc(Cl)c(N/N=C/C2=C(Sc3nc4ccccc4o3)CCCC2)c(Cl)c1. The van der Waals surface area contributed by atoms with Crippen LogP contribution in [0.25, 0.3) is 11.1 Å². The molecule has 8 heteroatoms. The molecule has 4 rings (SSSR count). The molecule has 0 unspecified atom stereocenters. The number of nitrogens with one attached hydrogen (secondary N) is 1. The van der Waals surface area contributed by atoms with Crippen molar-refractivity contribution in [1.29, 1.82) is 0 Å². The summed E-state index contributed by atoms with van der Waals surface area (Å²) < 4.78 is 5.85. The maximum absolute atomic E-state index is 6.19. The number of oxazole rings is 1. The Balaban J connectivity index is 1.54. The Morgan fingerprint density at radius 3 is 2.61 bits per heavy atom. The zero-order chi connectivity index (χ0) is 19.5. The van der Waals surface area contributed by atoms with E-state index >= 15 is 0 Å². The summed E-state index contributed by atoms with van der Waals surface area (Å²) in [6.45, 7) is 0. The average molecular weight is 453 g/mol. The van der Waals surface area contributed by atoms with E-state index in [0.717, 1.165) is 42.4 Å². The molecule has 0 spiro atoms. The second-order valence-electron chi connectivity index (χ2n) is 6.32. The Labute approximate surface area is 181 Å². The van der Waals surface area contributed by atoms with Crippen molar-refractivity contribution in [3.63, 3.8) is 0 Å². The molecule has 1 aliphatic rings. The molecule has 1 N–H and O–H groups in total. The van der Waals surface area contributed by atoms with Crippen molar-refractivity contribution in [1.82, 2.24) is 4.98 Å². The summed E-state index contributed by atoms with van der Waals surface area (Å²) >= 11 is 19.9. The maximum atomic E-state index is 6.19. The van der Waals surface area contributed by atoms with Gasteiger partial charge in [-0.15, -0.1) is 0 Å². The van der Waals surface area contributed by atoms with E-state index in [4.69, 9.17) is 39.2 Å². The van der Waals surface area contributed by atoms with Crippen molar-refractivity contribution in [2.75, 3.05) is 5.43 Å². The lowest BCUT2D eigenvalue weighted by Crippen LogP contribution is -2.01. The Kier molecular flexibility index (Phi) is 6.16. The van der Waals surface area contributed by atoms with Crippen LogP contribution in [-0.4, -0.2) is 11.2 Å². The number of hydrogen-bond donors (Lipinski definition) is 1. The van der Waals surface area contributed by atoms with Crippen LogP contribution in [-0.2, 0) is 0 Å². The van der Waals surface area contributed by atoms with Crippen molar-refractivity contribution >= 4 is 69.6 Å². The van der Waals surface area contributed by atoms with Gasteiger partial charge >= 0.3 is 0 Å². The third-order valence-electron chi connectivity index (χ3n) is 4.35. The van der Waals surface area contributed by atoms with Gasteiger partial charge in [-0.2, -0.15) is 5.10 Å². The van der Waals surface area contributed by atoms with Crippen molar-refractivity contribution in [2.24, 2.45) is 5.10 Å². The van der Waals surface area contributed by atoms with E-state index in [1.54, 1.807) is 23.9 Å².